The summed E-state index contributed by atoms with van der Waals surface area (Å²) in [6.45, 7) is 2.02. The van der Waals surface area contributed by atoms with Gasteiger partial charge in [0.15, 0.2) is 10.9 Å². The summed E-state index contributed by atoms with van der Waals surface area (Å²) >= 11 is 5.36. The lowest BCUT2D eigenvalue weighted by Gasteiger charge is -2.12. The summed E-state index contributed by atoms with van der Waals surface area (Å²) in [6, 6.07) is 29.3. The highest BCUT2D eigenvalue weighted by Crippen LogP contribution is 2.30. The van der Waals surface area contributed by atoms with Crippen molar-refractivity contribution in [3.8, 4) is 23.0 Å². The van der Waals surface area contributed by atoms with E-state index in [1.807, 2.05) is 79.7 Å². The average Bonchev–Trinajstić information content (AvgIpc) is 2.86. The molecule has 0 saturated carbocycles. The summed E-state index contributed by atoms with van der Waals surface area (Å²) in [5.41, 5.74) is 4.24. The Hall–Kier alpha value is -4.36. The Bertz CT molecular complexity index is 1500. The number of nitrogens with zero attached hydrogens (tertiary/aromatic N) is 2. The standard InChI is InChI=1S/C28H21FN4OS/c1-18-5-4-6-23(17-18)34-27-24-7-2-3-8-25(24)32-26(33-27)19-9-13-21(14-10-19)30-28(35)31-22-15-11-20(29)12-16-22/h2-17H,1H3,(H2,30,31,35). The van der Waals surface area contributed by atoms with Crippen LogP contribution in [0.3, 0.4) is 0 Å². The molecule has 7 heteroatoms. The van der Waals surface area contributed by atoms with Gasteiger partial charge in [0.05, 0.1) is 10.9 Å². The lowest BCUT2D eigenvalue weighted by molar-refractivity contribution is 0.468. The monoisotopic (exact) mass is 480 g/mol. The molecule has 0 aliphatic heterocycles. The molecule has 35 heavy (non-hydrogen) atoms. The van der Waals surface area contributed by atoms with Crippen molar-refractivity contribution < 1.29 is 9.13 Å². The summed E-state index contributed by atoms with van der Waals surface area (Å²) in [4.78, 5) is 9.47. The number of aromatic nitrogens is 2. The van der Waals surface area contributed by atoms with Crippen LogP contribution in [0.1, 0.15) is 5.56 Å². The van der Waals surface area contributed by atoms with E-state index in [9.17, 15) is 4.39 Å². The van der Waals surface area contributed by atoms with Crippen LogP contribution in [0.25, 0.3) is 22.3 Å². The number of halogens is 1. The Morgan fingerprint density at radius 2 is 1.49 bits per heavy atom. The minimum Gasteiger partial charge on any atom is -0.438 e. The van der Waals surface area contributed by atoms with Gasteiger partial charge in [-0.1, -0.05) is 24.3 Å². The van der Waals surface area contributed by atoms with Gasteiger partial charge in [-0.2, -0.15) is 4.98 Å². The van der Waals surface area contributed by atoms with Gasteiger partial charge in [-0.3, -0.25) is 0 Å². The predicted octanol–water partition coefficient (Wildman–Crippen LogP) is 7.35. The molecule has 0 spiro atoms. The van der Waals surface area contributed by atoms with Crippen molar-refractivity contribution in [1.29, 1.82) is 0 Å². The van der Waals surface area contributed by atoms with Gasteiger partial charge in [0.2, 0.25) is 5.88 Å². The van der Waals surface area contributed by atoms with E-state index < -0.39 is 0 Å². The van der Waals surface area contributed by atoms with Crippen molar-refractivity contribution in [1.82, 2.24) is 9.97 Å². The van der Waals surface area contributed by atoms with Crippen LogP contribution < -0.4 is 15.4 Å². The van der Waals surface area contributed by atoms with Crippen LogP contribution in [-0.4, -0.2) is 15.1 Å². The van der Waals surface area contributed by atoms with Gasteiger partial charge in [0, 0.05) is 16.9 Å². The second-order valence-corrected chi connectivity index (χ2v) is 8.36. The topological polar surface area (TPSA) is 59.1 Å². The van der Waals surface area contributed by atoms with E-state index in [2.05, 4.69) is 10.6 Å². The molecule has 0 fully saturated rings. The number of nitrogens with one attached hydrogen (secondary N) is 2. The largest absolute Gasteiger partial charge is 0.438 e. The number of hydrogen-bond acceptors (Lipinski definition) is 4. The molecule has 1 heterocycles. The molecule has 1 aromatic heterocycles. The Morgan fingerprint density at radius 1 is 0.800 bits per heavy atom. The normalized spacial score (nSPS) is 10.7. The molecule has 0 aliphatic carbocycles. The van der Waals surface area contributed by atoms with E-state index in [1.165, 1.54) is 12.1 Å². The first-order chi connectivity index (χ1) is 17.0. The van der Waals surface area contributed by atoms with Gasteiger partial charge < -0.3 is 15.4 Å². The fraction of sp³-hybridized carbons (Fsp3) is 0.0357. The van der Waals surface area contributed by atoms with Crippen LogP contribution >= 0.6 is 12.2 Å². The van der Waals surface area contributed by atoms with Crippen molar-refractivity contribution in [2.45, 2.75) is 6.92 Å². The zero-order valence-corrected chi connectivity index (χ0v) is 19.6. The minimum absolute atomic E-state index is 0.298. The minimum atomic E-state index is -0.298. The van der Waals surface area contributed by atoms with Gasteiger partial charge in [-0.15, -0.1) is 0 Å². The summed E-state index contributed by atoms with van der Waals surface area (Å²) in [5, 5.41) is 7.40. The van der Waals surface area contributed by atoms with E-state index in [0.717, 1.165) is 33.5 Å². The molecule has 5 aromatic rings. The third-order valence-electron chi connectivity index (χ3n) is 5.28. The molecule has 5 rings (SSSR count). The summed E-state index contributed by atoms with van der Waals surface area (Å²) in [6.07, 6.45) is 0. The summed E-state index contributed by atoms with van der Waals surface area (Å²) in [5.74, 6) is 1.49. The molecule has 0 saturated heterocycles. The van der Waals surface area contributed by atoms with Crippen molar-refractivity contribution in [2.24, 2.45) is 0 Å². The van der Waals surface area contributed by atoms with E-state index in [1.54, 1.807) is 12.1 Å². The van der Waals surface area contributed by atoms with Crippen LogP contribution in [0.5, 0.6) is 11.6 Å². The third-order valence-corrected chi connectivity index (χ3v) is 5.48. The predicted molar refractivity (Wildman–Crippen MR) is 142 cm³/mol. The van der Waals surface area contributed by atoms with Crippen LogP contribution in [0.2, 0.25) is 0 Å². The van der Waals surface area contributed by atoms with Gasteiger partial charge in [0.25, 0.3) is 0 Å². The number of benzene rings is 4. The van der Waals surface area contributed by atoms with Crippen LogP contribution in [-0.2, 0) is 0 Å². The zero-order chi connectivity index (χ0) is 24.2. The second kappa shape index (κ2) is 9.87. The summed E-state index contributed by atoms with van der Waals surface area (Å²) in [7, 11) is 0. The molecule has 0 amide bonds. The first kappa shape index (κ1) is 22.4. The first-order valence-electron chi connectivity index (χ1n) is 11.0. The molecule has 0 radical (unpaired) electrons. The number of fused-ring (bicyclic) bond motifs is 1. The molecule has 0 unspecified atom stereocenters. The summed E-state index contributed by atoms with van der Waals surface area (Å²) < 4.78 is 19.3. The maximum Gasteiger partial charge on any atom is 0.230 e. The lowest BCUT2D eigenvalue weighted by atomic mass is 10.1. The molecule has 2 N–H and O–H groups in total. The molecule has 0 atom stereocenters. The number of anilines is 2. The maximum absolute atomic E-state index is 13.1. The number of aryl methyl sites for hydroxylation is 1. The molecule has 0 bridgehead atoms. The van der Waals surface area contributed by atoms with E-state index >= 15 is 0 Å². The second-order valence-electron chi connectivity index (χ2n) is 7.95. The van der Waals surface area contributed by atoms with Gasteiger partial charge >= 0.3 is 0 Å². The number of ether oxygens (including phenoxy) is 1. The highest BCUT2D eigenvalue weighted by Gasteiger charge is 2.12. The lowest BCUT2D eigenvalue weighted by Crippen LogP contribution is -2.18. The van der Waals surface area contributed by atoms with Gasteiger partial charge in [0.1, 0.15) is 11.6 Å². The number of hydrogen-bond donors (Lipinski definition) is 2. The highest BCUT2D eigenvalue weighted by molar-refractivity contribution is 7.80. The number of rotatable bonds is 5. The van der Waals surface area contributed by atoms with Crippen LogP contribution in [0, 0.1) is 12.7 Å². The molecular formula is C28H21FN4OS. The maximum atomic E-state index is 13.1. The van der Waals surface area contributed by atoms with Crippen molar-refractivity contribution in [2.75, 3.05) is 10.6 Å². The van der Waals surface area contributed by atoms with Crippen molar-refractivity contribution in [3.63, 3.8) is 0 Å². The highest BCUT2D eigenvalue weighted by atomic mass is 32.1. The van der Waals surface area contributed by atoms with E-state index in [4.69, 9.17) is 26.9 Å². The van der Waals surface area contributed by atoms with Gasteiger partial charge in [-0.25, -0.2) is 9.37 Å². The third kappa shape index (κ3) is 5.42. The first-order valence-corrected chi connectivity index (χ1v) is 11.4. The van der Waals surface area contributed by atoms with Crippen molar-refractivity contribution >= 4 is 39.6 Å². The quantitative estimate of drug-likeness (QED) is 0.257. The molecule has 0 aliphatic rings. The molecule has 172 valence electrons. The van der Waals surface area contributed by atoms with Crippen LogP contribution in [0.15, 0.2) is 97.1 Å². The molecular weight excluding hydrogens is 459 g/mol. The van der Waals surface area contributed by atoms with Gasteiger partial charge in [-0.05, 0) is 97.5 Å². The van der Waals surface area contributed by atoms with Crippen LogP contribution in [0.4, 0.5) is 15.8 Å². The Labute approximate surface area is 207 Å². The SMILES string of the molecule is Cc1cccc(Oc2nc(-c3ccc(NC(=S)Nc4ccc(F)cc4)cc3)nc3ccccc23)c1. The Balaban J connectivity index is 1.38. The molecule has 4 aromatic carbocycles. The van der Waals surface area contributed by atoms with Crippen molar-refractivity contribution in [3.05, 3.63) is 108 Å². The fourth-order valence-electron chi connectivity index (χ4n) is 3.57. The number of para-hydroxylation sites is 1. The Morgan fingerprint density at radius 3 is 2.20 bits per heavy atom. The zero-order valence-electron chi connectivity index (χ0n) is 18.8. The fourth-order valence-corrected chi connectivity index (χ4v) is 3.81. The molecule has 5 nitrogen and oxygen atoms in total. The van der Waals surface area contributed by atoms with E-state index in [-0.39, 0.29) is 5.82 Å². The smallest absolute Gasteiger partial charge is 0.230 e. The van der Waals surface area contributed by atoms with E-state index in [0.29, 0.717) is 22.5 Å². The number of thiocarbonyl (C=S) groups is 1. The Kier molecular flexibility index (Phi) is 6.32. The average molecular weight is 481 g/mol.